The van der Waals surface area contributed by atoms with E-state index in [1.807, 2.05) is 0 Å². The lowest BCUT2D eigenvalue weighted by molar-refractivity contribution is -0.385. The highest BCUT2D eigenvalue weighted by Gasteiger charge is 2.18. The largest absolute Gasteiger partial charge is 0.480 e. The number of nitro groups is 1. The van der Waals surface area contributed by atoms with Gasteiger partial charge in [0.25, 0.3) is 5.69 Å². The Morgan fingerprint density at radius 3 is 2.75 bits per heavy atom. The number of benzene rings is 1. The number of hydrogen-bond acceptors (Lipinski definition) is 4. The molecule has 0 aromatic heterocycles. The molecule has 1 atom stereocenters. The van der Waals surface area contributed by atoms with Gasteiger partial charge in [-0.2, -0.15) is 0 Å². The molecule has 16 heavy (non-hydrogen) atoms. The van der Waals surface area contributed by atoms with Crippen molar-refractivity contribution in [1.82, 2.24) is 0 Å². The summed E-state index contributed by atoms with van der Waals surface area (Å²) in [5.41, 5.74) is 6.41. The van der Waals surface area contributed by atoms with Crippen LogP contribution in [-0.4, -0.2) is 22.0 Å². The van der Waals surface area contributed by atoms with Gasteiger partial charge in [0.15, 0.2) is 0 Å². The lowest BCUT2D eigenvalue weighted by atomic mass is 10.0. The average molecular weight is 224 g/mol. The van der Waals surface area contributed by atoms with Gasteiger partial charge in [0, 0.05) is 11.6 Å². The molecule has 0 amide bonds. The number of nitrogens with two attached hydrogens (primary N) is 1. The summed E-state index contributed by atoms with van der Waals surface area (Å²) in [6.45, 7) is 1.59. The minimum Gasteiger partial charge on any atom is -0.480 e. The highest BCUT2D eigenvalue weighted by molar-refractivity contribution is 5.73. The monoisotopic (exact) mass is 224 g/mol. The number of rotatable bonds is 4. The first-order chi connectivity index (χ1) is 7.43. The zero-order chi connectivity index (χ0) is 12.3. The van der Waals surface area contributed by atoms with Crippen molar-refractivity contribution in [2.75, 3.05) is 0 Å². The summed E-state index contributed by atoms with van der Waals surface area (Å²) in [6.07, 6.45) is 0.0862. The number of aliphatic carboxylic acids is 1. The molecule has 0 unspecified atom stereocenters. The Labute approximate surface area is 91.8 Å². The molecule has 0 saturated heterocycles. The number of hydrogen-bond donors (Lipinski definition) is 2. The maximum absolute atomic E-state index is 10.7. The van der Waals surface area contributed by atoms with Gasteiger partial charge in [0.1, 0.15) is 6.04 Å². The minimum absolute atomic E-state index is 0.0184. The smallest absolute Gasteiger partial charge is 0.320 e. The van der Waals surface area contributed by atoms with Gasteiger partial charge in [-0.1, -0.05) is 12.1 Å². The summed E-state index contributed by atoms with van der Waals surface area (Å²) < 4.78 is 0. The van der Waals surface area contributed by atoms with Crippen molar-refractivity contribution >= 4 is 11.7 Å². The second-order valence-corrected chi connectivity index (χ2v) is 3.47. The maximum atomic E-state index is 10.7. The number of carboxylic acids is 1. The molecule has 86 valence electrons. The van der Waals surface area contributed by atoms with E-state index in [2.05, 4.69) is 0 Å². The van der Waals surface area contributed by atoms with Crippen molar-refractivity contribution in [3.8, 4) is 0 Å². The molecule has 0 aliphatic carbocycles. The van der Waals surface area contributed by atoms with Crippen LogP contribution in [0.2, 0.25) is 0 Å². The van der Waals surface area contributed by atoms with Crippen LogP contribution in [0.25, 0.3) is 0 Å². The van der Waals surface area contributed by atoms with Crippen molar-refractivity contribution < 1.29 is 14.8 Å². The molecule has 0 radical (unpaired) electrons. The predicted octanol–water partition coefficient (Wildman–Crippen LogP) is 0.858. The van der Waals surface area contributed by atoms with Crippen LogP contribution in [0.15, 0.2) is 18.2 Å². The summed E-state index contributed by atoms with van der Waals surface area (Å²) in [7, 11) is 0. The fraction of sp³-hybridized carbons (Fsp3) is 0.300. The molecule has 6 nitrogen and oxygen atoms in total. The number of carboxylic acid groups (broad SMARTS) is 1. The van der Waals surface area contributed by atoms with Gasteiger partial charge >= 0.3 is 5.97 Å². The highest BCUT2D eigenvalue weighted by atomic mass is 16.6. The molecule has 1 aromatic rings. The molecular formula is C10H12N2O4. The second kappa shape index (κ2) is 4.71. The molecule has 0 aliphatic heterocycles. The van der Waals surface area contributed by atoms with Gasteiger partial charge in [-0.3, -0.25) is 14.9 Å². The Morgan fingerprint density at radius 1 is 1.62 bits per heavy atom. The fourth-order valence-corrected chi connectivity index (χ4v) is 1.41. The summed E-state index contributed by atoms with van der Waals surface area (Å²) in [5.74, 6) is -1.12. The van der Waals surface area contributed by atoms with Crippen molar-refractivity contribution in [3.63, 3.8) is 0 Å². The first kappa shape index (κ1) is 12.1. The summed E-state index contributed by atoms with van der Waals surface area (Å²) >= 11 is 0. The van der Waals surface area contributed by atoms with Crippen LogP contribution >= 0.6 is 0 Å². The van der Waals surface area contributed by atoms with E-state index in [9.17, 15) is 14.9 Å². The average Bonchev–Trinajstić information content (AvgIpc) is 2.20. The quantitative estimate of drug-likeness (QED) is 0.582. The van der Waals surface area contributed by atoms with Gasteiger partial charge in [0.2, 0.25) is 0 Å². The van der Waals surface area contributed by atoms with E-state index in [1.54, 1.807) is 13.0 Å². The predicted molar refractivity (Wildman–Crippen MR) is 57.1 cm³/mol. The number of nitrogens with zero attached hydrogens (tertiary/aromatic N) is 1. The SMILES string of the molecule is Cc1c(C[C@H](N)C(=O)O)cccc1[N+](=O)[O-]. The third kappa shape index (κ3) is 2.54. The molecule has 0 bridgehead atoms. The van der Waals surface area contributed by atoms with Crippen LogP contribution in [0.5, 0.6) is 0 Å². The fourth-order valence-electron chi connectivity index (χ4n) is 1.41. The van der Waals surface area contributed by atoms with E-state index in [1.165, 1.54) is 12.1 Å². The van der Waals surface area contributed by atoms with Crippen LogP contribution in [0.3, 0.4) is 0 Å². The minimum atomic E-state index is -1.12. The highest BCUT2D eigenvalue weighted by Crippen LogP contribution is 2.21. The molecule has 0 aliphatic rings. The Kier molecular flexibility index (Phi) is 3.57. The second-order valence-electron chi connectivity index (χ2n) is 3.47. The lowest BCUT2D eigenvalue weighted by Crippen LogP contribution is -2.32. The zero-order valence-electron chi connectivity index (χ0n) is 8.71. The van der Waals surface area contributed by atoms with Gasteiger partial charge in [0.05, 0.1) is 4.92 Å². The molecule has 1 rings (SSSR count). The third-order valence-corrected chi connectivity index (χ3v) is 2.37. The van der Waals surface area contributed by atoms with E-state index in [0.717, 1.165) is 0 Å². The third-order valence-electron chi connectivity index (χ3n) is 2.37. The molecule has 0 heterocycles. The van der Waals surface area contributed by atoms with Crippen LogP contribution in [-0.2, 0) is 11.2 Å². The topological polar surface area (TPSA) is 106 Å². The molecule has 0 fully saturated rings. The summed E-state index contributed by atoms with van der Waals surface area (Å²) in [6, 6.07) is 3.51. The summed E-state index contributed by atoms with van der Waals surface area (Å²) in [4.78, 5) is 20.7. The van der Waals surface area contributed by atoms with E-state index in [-0.39, 0.29) is 12.1 Å². The van der Waals surface area contributed by atoms with Gasteiger partial charge in [-0.05, 0) is 18.9 Å². The van der Waals surface area contributed by atoms with Gasteiger partial charge in [-0.25, -0.2) is 0 Å². The Morgan fingerprint density at radius 2 is 2.25 bits per heavy atom. The van der Waals surface area contributed by atoms with Crippen LogP contribution in [0, 0.1) is 17.0 Å². The first-order valence-electron chi connectivity index (χ1n) is 4.64. The van der Waals surface area contributed by atoms with Crippen molar-refractivity contribution in [1.29, 1.82) is 0 Å². The van der Waals surface area contributed by atoms with E-state index < -0.39 is 16.9 Å². The van der Waals surface area contributed by atoms with E-state index in [0.29, 0.717) is 11.1 Å². The van der Waals surface area contributed by atoms with Gasteiger partial charge in [-0.15, -0.1) is 0 Å². The van der Waals surface area contributed by atoms with Crippen LogP contribution in [0.4, 0.5) is 5.69 Å². The zero-order valence-corrected chi connectivity index (χ0v) is 8.71. The first-order valence-corrected chi connectivity index (χ1v) is 4.64. The molecular weight excluding hydrogens is 212 g/mol. The van der Waals surface area contributed by atoms with E-state index >= 15 is 0 Å². The van der Waals surface area contributed by atoms with Crippen LogP contribution in [0.1, 0.15) is 11.1 Å². The number of carbonyl (C=O) groups is 1. The Hall–Kier alpha value is -1.95. The van der Waals surface area contributed by atoms with E-state index in [4.69, 9.17) is 10.8 Å². The maximum Gasteiger partial charge on any atom is 0.320 e. The molecule has 0 spiro atoms. The Bertz CT molecular complexity index is 431. The lowest BCUT2D eigenvalue weighted by Gasteiger charge is -2.09. The molecule has 0 saturated carbocycles. The molecule has 6 heteroatoms. The van der Waals surface area contributed by atoms with Crippen LogP contribution < -0.4 is 5.73 Å². The molecule has 3 N–H and O–H groups in total. The normalized spacial score (nSPS) is 12.1. The van der Waals surface area contributed by atoms with Crippen molar-refractivity contribution in [2.24, 2.45) is 5.73 Å². The number of nitro benzene ring substituents is 1. The standard InChI is InChI=1S/C10H12N2O4/c1-6-7(5-8(11)10(13)14)3-2-4-9(6)12(15)16/h2-4,8H,5,11H2,1H3,(H,13,14)/t8-/m0/s1. The molecule has 1 aromatic carbocycles. The van der Waals surface area contributed by atoms with Crippen molar-refractivity contribution in [2.45, 2.75) is 19.4 Å². The Balaban J connectivity index is 3.02. The van der Waals surface area contributed by atoms with Crippen molar-refractivity contribution in [3.05, 3.63) is 39.4 Å². The summed E-state index contributed by atoms with van der Waals surface area (Å²) in [5, 5.41) is 19.3. The van der Waals surface area contributed by atoms with Gasteiger partial charge < -0.3 is 10.8 Å².